The van der Waals surface area contributed by atoms with Gasteiger partial charge in [-0.25, -0.2) is 8.42 Å². The first-order valence-electron chi connectivity index (χ1n) is 8.43. The molecule has 0 spiro atoms. The minimum Gasteiger partial charge on any atom is -0.353 e. The van der Waals surface area contributed by atoms with Crippen molar-refractivity contribution in [3.05, 3.63) is 29.8 Å². The van der Waals surface area contributed by atoms with E-state index in [1.54, 1.807) is 24.3 Å². The van der Waals surface area contributed by atoms with Gasteiger partial charge in [-0.15, -0.1) is 0 Å². The van der Waals surface area contributed by atoms with Crippen LogP contribution in [0, 0.1) is 5.92 Å². The van der Waals surface area contributed by atoms with Crippen LogP contribution in [0.25, 0.3) is 0 Å². The number of fused-ring (bicyclic) bond motifs is 2. The molecule has 0 aromatic heterocycles. The molecule has 4 atom stereocenters. The van der Waals surface area contributed by atoms with E-state index in [0.29, 0.717) is 30.5 Å². The summed E-state index contributed by atoms with van der Waals surface area (Å²) in [5.41, 5.74) is 7.22. The summed E-state index contributed by atoms with van der Waals surface area (Å²) in [6.45, 7) is 0.507. The highest BCUT2D eigenvalue weighted by Gasteiger charge is 2.39. The SMILES string of the molecule is O=C(NCC1NNC2CCCC21)C1Cc2ccccc2S(=O)(=O)N1. The van der Waals surface area contributed by atoms with Crippen LogP contribution in [-0.4, -0.2) is 39.0 Å². The first-order valence-corrected chi connectivity index (χ1v) is 9.92. The second-order valence-electron chi connectivity index (χ2n) is 6.83. The fourth-order valence-corrected chi connectivity index (χ4v) is 5.55. The maximum absolute atomic E-state index is 12.5. The second kappa shape index (κ2) is 6.11. The quantitative estimate of drug-likeness (QED) is 0.597. The summed E-state index contributed by atoms with van der Waals surface area (Å²) in [6.07, 6.45) is 3.92. The lowest BCUT2D eigenvalue weighted by Crippen LogP contribution is -2.53. The fourth-order valence-electron chi connectivity index (χ4n) is 4.10. The Morgan fingerprint density at radius 3 is 2.92 bits per heavy atom. The summed E-state index contributed by atoms with van der Waals surface area (Å²) in [4.78, 5) is 12.7. The molecule has 7 nitrogen and oxygen atoms in total. The molecule has 130 valence electrons. The highest BCUT2D eigenvalue weighted by atomic mass is 32.2. The van der Waals surface area contributed by atoms with Gasteiger partial charge in [0.15, 0.2) is 0 Å². The molecule has 4 unspecified atom stereocenters. The zero-order chi connectivity index (χ0) is 16.7. The molecule has 0 bridgehead atoms. The lowest BCUT2D eigenvalue weighted by molar-refractivity contribution is -0.122. The molecule has 2 heterocycles. The number of sulfonamides is 1. The van der Waals surface area contributed by atoms with Gasteiger partial charge in [-0.2, -0.15) is 4.72 Å². The van der Waals surface area contributed by atoms with Gasteiger partial charge in [0.25, 0.3) is 0 Å². The van der Waals surface area contributed by atoms with Crippen molar-refractivity contribution in [3.8, 4) is 0 Å². The van der Waals surface area contributed by atoms with E-state index in [-0.39, 0.29) is 16.8 Å². The van der Waals surface area contributed by atoms with E-state index >= 15 is 0 Å². The molecule has 0 radical (unpaired) electrons. The molecule has 1 aromatic rings. The van der Waals surface area contributed by atoms with Crippen LogP contribution in [0.1, 0.15) is 24.8 Å². The van der Waals surface area contributed by atoms with Crippen LogP contribution in [0.2, 0.25) is 0 Å². The predicted molar refractivity (Wildman–Crippen MR) is 88.5 cm³/mol. The highest BCUT2D eigenvalue weighted by molar-refractivity contribution is 7.89. The third-order valence-electron chi connectivity index (χ3n) is 5.34. The zero-order valence-corrected chi connectivity index (χ0v) is 14.1. The molecule has 1 saturated carbocycles. The molecule has 1 amide bonds. The van der Waals surface area contributed by atoms with Gasteiger partial charge in [-0.1, -0.05) is 24.6 Å². The zero-order valence-electron chi connectivity index (χ0n) is 13.3. The first-order chi connectivity index (χ1) is 11.5. The van der Waals surface area contributed by atoms with Crippen LogP contribution >= 0.6 is 0 Å². The van der Waals surface area contributed by atoms with E-state index in [4.69, 9.17) is 0 Å². The lowest BCUT2D eigenvalue weighted by atomic mass is 9.97. The summed E-state index contributed by atoms with van der Waals surface area (Å²) in [5.74, 6) is 0.269. The Morgan fingerprint density at radius 1 is 1.21 bits per heavy atom. The maximum atomic E-state index is 12.5. The van der Waals surface area contributed by atoms with Gasteiger partial charge in [-0.05, 0) is 36.8 Å². The van der Waals surface area contributed by atoms with Gasteiger partial charge in [-0.3, -0.25) is 15.6 Å². The average Bonchev–Trinajstić information content (AvgIpc) is 3.16. The Balaban J connectivity index is 1.41. The van der Waals surface area contributed by atoms with E-state index in [9.17, 15) is 13.2 Å². The molecule has 1 aliphatic carbocycles. The Bertz CT molecular complexity index is 751. The predicted octanol–water partition coefficient (Wildman–Crippen LogP) is -0.349. The molecule has 8 heteroatoms. The average molecular weight is 350 g/mol. The van der Waals surface area contributed by atoms with E-state index in [1.165, 1.54) is 12.8 Å². The van der Waals surface area contributed by atoms with Crippen molar-refractivity contribution in [1.82, 2.24) is 20.9 Å². The van der Waals surface area contributed by atoms with Gasteiger partial charge < -0.3 is 5.32 Å². The summed E-state index contributed by atoms with van der Waals surface area (Å²) in [7, 11) is -3.63. The molecular formula is C16H22N4O3S. The fraction of sp³-hybridized carbons (Fsp3) is 0.562. The number of hydrazine groups is 1. The van der Waals surface area contributed by atoms with Crippen molar-refractivity contribution in [2.75, 3.05) is 6.54 Å². The molecule has 4 rings (SSSR count). The molecule has 1 aromatic carbocycles. The van der Waals surface area contributed by atoms with Crippen molar-refractivity contribution in [3.63, 3.8) is 0 Å². The largest absolute Gasteiger partial charge is 0.353 e. The summed E-state index contributed by atoms with van der Waals surface area (Å²) < 4.78 is 27.1. The molecular weight excluding hydrogens is 328 g/mol. The number of carbonyl (C=O) groups is 1. The summed E-state index contributed by atoms with van der Waals surface area (Å²) in [6, 6.07) is 6.76. The third kappa shape index (κ3) is 2.83. The van der Waals surface area contributed by atoms with Gasteiger partial charge in [0.2, 0.25) is 15.9 Å². The van der Waals surface area contributed by atoms with Gasteiger partial charge in [0.05, 0.1) is 4.90 Å². The van der Waals surface area contributed by atoms with E-state index in [0.717, 1.165) is 6.42 Å². The molecule has 3 aliphatic rings. The Kier molecular flexibility index (Phi) is 4.07. The lowest BCUT2D eigenvalue weighted by Gasteiger charge is -2.26. The number of rotatable bonds is 3. The van der Waals surface area contributed by atoms with E-state index < -0.39 is 16.1 Å². The van der Waals surface area contributed by atoms with Crippen LogP contribution in [-0.2, 0) is 21.2 Å². The topological polar surface area (TPSA) is 99.3 Å². The highest BCUT2D eigenvalue weighted by Crippen LogP contribution is 2.31. The van der Waals surface area contributed by atoms with Crippen molar-refractivity contribution in [1.29, 1.82) is 0 Å². The number of hydrogen-bond donors (Lipinski definition) is 4. The van der Waals surface area contributed by atoms with E-state index in [1.807, 2.05) is 0 Å². The Hall–Kier alpha value is -1.48. The van der Waals surface area contributed by atoms with Crippen LogP contribution < -0.4 is 20.9 Å². The molecule has 4 N–H and O–H groups in total. The van der Waals surface area contributed by atoms with Crippen molar-refractivity contribution < 1.29 is 13.2 Å². The number of benzene rings is 1. The smallest absolute Gasteiger partial charge is 0.241 e. The standard InChI is InChI=1S/C16H22N4O3S/c21-16(17-9-14-11-5-3-6-12(11)18-19-14)13-8-10-4-1-2-7-15(10)24(22,23)20-13/h1-2,4,7,11-14,18-20H,3,5-6,8-9H2,(H,17,21). The maximum Gasteiger partial charge on any atom is 0.241 e. The van der Waals surface area contributed by atoms with Crippen LogP contribution in [0.15, 0.2) is 29.2 Å². The number of amides is 1. The van der Waals surface area contributed by atoms with Crippen LogP contribution in [0.5, 0.6) is 0 Å². The Morgan fingerprint density at radius 2 is 2.04 bits per heavy atom. The minimum atomic E-state index is -3.63. The Labute approximate surface area is 141 Å². The third-order valence-corrected chi connectivity index (χ3v) is 6.91. The van der Waals surface area contributed by atoms with Gasteiger partial charge in [0.1, 0.15) is 6.04 Å². The van der Waals surface area contributed by atoms with Crippen LogP contribution in [0.4, 0.5) is 0 Å². The minimum absolute atomic E-state index is 0.203. The van der Waals surface area contributed by atoms with Gasteiger partial charge in [0, 0.05) is 18.6 Å². The summed E-state index contributed by atoms with van der Waals surface area (Å²) >= 11 is 0. The number of hydrogen-bond acceptors (Lipinski definition) is 5. The van der Waals surface area contributed by atoms with E-state index in [2.05, 4.69) is 20.9 Å². The van der Waals surface area contributed by atoms with Crippen molar-refractivity contribution >= 4 is 15.9 Å². The summed E-state index contributed by atoms with van der Waals surface area (Å²) in [5, 5.41) is 2.91. The number of nitrogens with one attached hydrogen (secondary N) is 4. The van der Waals surface area contributed by atoms with Crippen molar-refractivity contribution in [2.24, 2.45) is 5.92 Å². The van der Waals surface area contributed by atoms with Crippen LogP contribution in [0.3, 0.4) is 0 Å². The molecule has 24 heavy (non-hydrogen) atoms. The first kappa shape index (κ1) is 16.0. The van der Waals surface area contributed by atoms with Gasteiger partial charge >= 0.3 is 0 Å². The molecule has 1 saturated heterocycles. The second-order valence-corrected chi connectivity index (χ2v) is 8.51. The molecule has 2 aliphatic heterocycles. The van der Waals surface area contributed by atoms with Crippen molar-refractivity contribution in [2.45, 2.75) is 48.7 Å². The molecule has 2 fully saturated rings. The monoisotopic (exact) mass is 350 g/mol. The number of carbonyl (C=O) groups excluding carboxylic acids is 1. The normalized spacial score (nSPS) is 33.7.